The second kappa shape index (κ2) is 7.17. The van der Waals surface area contributed by atoms with E-state index in [1.165, 1.54) is 7.11 Å². The van der Waals surface area contributed by atoms with E-state index < -0.39 is 27.0 Å². The summed E-state index contributed by atoms with van der Waals surface area (Å²) in [6.45, 7) is 5.42. The van der Waals surface area contributed by atoms with Gasteiger partial charge in [-0.05, 0) is 0 Å². The van der Waals surface area contributed by atoms with Crippen molar-refractivity contribution in [2.24, 2.45) is 0 Å². The number of carbonyl (C=O) groups excluding carboxylic acids is 1. The molecule has 1 rings (SSSR count). The molecular weight excluding hydrogens is 310 g/mol. The van der Waals surface area contributed by atoms with E-state index in [1.54, 1.807) is 0 Å². The molecule has 0 aliphatic rings. The molecule has 0 spiro atoms. The number of esters is 1. The average Bonchev–Trinajstić information content (AvgIpc) is 2.41. The molecular formula is C13H18F2N4O2Si. The molecule has 22 heavy (non-hydrogen) atoms. The maximum atomic E-state index is 12.3. The Morgan fingerprint density at radius 1 is 1.41 bits per heavy atom. The van der Waals surface area contributed by atoms with Crippen molar-refractivity contribution in [1.82, 2.24) is 9.97 Å². The number of halogens is 2. The Hall–Kier alpha value is -2.21. The van der Waals surface area contributed by atoms with E-state index in [1.807, 2.05) is 19.6 Å². The lowest BCUT2D eigenvalue weighted by molar-refractivity contribution is 0.0595. The first-order valence-electron chi connectivity index (χ1n) is 6.45. The maximum absolute atomic E-state index is 12.3. The Kier molecular flexibility index (Phi) is 5.82. The van der Waals surface area contributed by atoms with Crippen LogP contribution in [-0.2, 0) is 4.74 Å². The molecule has 1 aromatic heterocycles. The van der Waals surface area contributed by atoms with Gasteiger partial charge in [0.05, 0.1) is 13.7 Å². The molecule has 0 aliphatic heterocycles. The zero-order valence-electron chi connectivity index (χ0n) is 12.8. The van der Waals surface area contributed by atoms with Crippen LogP contribution in [0, 0.1) is 11.5 Å². The summed E-state index contributed by atoms with van der Waals surface area (Å²) < 4.78 is 29.2. The van der Waals surface area contributed by atoms with Crippen molar-refractivity contribution in [2.75, 3.05) is 24.7 Å². The van der Waals surface area contributed by atoms with E-state index >= 15 is 0 Å². The molecule has 0 aliphatic carbocycles. The minimum Gasteiger partial charge on any atom is -0.464 e. The van der Waals surface area contributed by atoms with Crippen molar-refractivity contribution in [3.8, 4) is 11.5 Å². The van der Waals surface area contributed by atoms with Gasteiger partial charge in [0.2, 0.25) is 0 Å². The van der Waals surface area contributed by atoms with Crippen LogP contribution in [0.15, 0.2) is 0 Å². The quantitative estimate of drug-likeness (QED) is 0.497. The number of alkyl halides is 2. The lowest BCUT2D eigenvalue weighted by Crippen LogP contribution is -2.19. The van der Waals surface area contributed by atoms with Gasteiger partial charge in [-0.25, -0.2) is 23.5 Å². The monoisotopic (exact) mass is 328 g/mol. The molecule has 0 fully saturated rings. The number of methoxy groups -OCH3 is 1. The third-order valence-corrected chi connectivity index (χ3v) is 3.16. The molecule has 0 radical (unpaired) electrons. The summed E-state index contributed by atoms with van der Waals surface area (Å²) in [4.78, 5) is 19.5. The number of nitrogens with two attached hydrogens (primary N) is 1. The van der Waals surface area contributed by atoms with Crippen LogP contribution in [0.4, 0.5) is 20.4 Å². The molecule has 9 heteroatoms. The van der Waals surface area contributed by atoms with E-state index in [0.717, 1.165) is 0 Å². The first kappa shape index (κ1) is 17.8. The highest BCUT2D eigenvalue weighted by atomic mass is 28.3. The van der Waals surface area contributed by atoms with Gasteiger partial charge in [-0.2, -0.15) is 0 Å². The molecule has 3 N–H and O–H groups in total. The molecule has 120 valence electrons. The smallest absolute Gasteiger partial charge is 0.360 e. The highest BCUT2D eigenvalue weighted by Crippen LogP contribution is 2.16. The molecule has 0 saturated carbocycles. The number of nitrogens with one attached hydrogen (secondary N) is 1. The van der Waals surface area contributed by atoms with Gasteiger partial charge in [0.1, 0.15) is 8.07 Å². The zero-order chi connectivity index (χ0) is 16.9. The van der Waals surface area contributed by atoms with E-state index in [2.05, 4.69) is 31.5 Å². The Labute approximate surface area is 128 Å². The Morgan fingerprint density at radius 2 is 2.05 bits per heavy atom. The fourth-order valence-corrected chi connectivity index (χ4v) is 1.82. The Morgan fingerprint density at radius 3 is 2.55 bits per heavy atom. The largest absolute Gasteiger partial charge is 0.464 e. The first-order chi connectivity index (χ1) is 10.1. The number of anilines is 2. The van der Waals surface area contributed by atoms with Crippen LogP contribution in [0.5, 0.6) is 0 Å². The lowest BCUT2D eigenvalue weighted by Gasteiger charge is -2.10. The highest BCUT2D eigenvalue weighted by molar-refractivity contribution is 6.83. The van der Waals surface area contributed by atoms with Gasteiger partial charge in [-0.3, -0.25) is 0 Å². The van der Waals surface area contributed by atoms with Crippen molar-refractivity contribution in [3.63, 3.8) is 0 Å². The van der Waals surface area contributed by atoms with Crippen LogP contribution in [0.2, 0.25) is 19.6 Å². The first-order valence-corrected chi connectivity index (χ1v) is 9.95. The molecule has 1 aromatic rings. The summed E-state index contributed by atoms with van der Waals surface area (Å²) in [5, 5.41) is 2.43. The van der Waals surface area contributed by atoms with Crippen LogP contribution in [0.25, 0.3) is 0 Å². The standard InChI is InChI=1S/C13H18F2N4O2Si/c1-21-13(20)10-11(16)19-12(17-7-9(14)15)8(18-10)5-6-22(2,3)4/h9H,7H2,1-4H3,(H3,16,17,19). The summed E-state index contributed by atoms with van der Waals surface area (Å²) in [5.41, 5.74) is 8.55. The van der Waals surface area contributed by atoms with Crippen molar-refractivity contribution in [2.45, 2.75) is 26.1 Å². The molecule has 0 bridgehead atoms. The number of rotatable bonds is 4. The lowest BCUT2D eigenvalue weighted by atomic mass is 10.3. The van der Waals surface area contributed by atoms with E-state index in [9.17, 15) is 13.6 Å². The zero-order valence-corrected chi connectivity index (χ0v) is 13.8. The molecule has 1 heterocycles. The van der Waals surface area contributed by atoms with Crippen molar-refractivity contribution in [1.29, 1.82) is 0 Å². The number of hydrogen-bond donors (Lipinski definition) is 2. The highest BCUT2D eigenvalue weighted by Gasteiger charge is 2.18. The van der Waals surface area contributed by atoms with Crippen molar-refractivity contribution in [3.05, 3.63) is 11.4 Å². The number of carbonyl (C=O) groups is 1. The number of aromatic nitrogens is 2. The summed E-state index contributed by atoms with van der Waals surface area (Å²) in [5.74, 6) is 1.85. The van der Waals surface area contributed by atoms with Gasteiger partial charge in [0, 0.05) is 0 Å². The van der Waals surface area contributed by atoms with Crippen molar-refractivity contribution < 1.29 is 18.3 Å². The van der Waals surface area contributed by atoms with Gasteiger partial charge >= 0.3 is 5.97 Å². The predicted octanol–water partition coefficient (Wildman–Crippen LogP) is 1.75. The second-order valence-corrected chi connectivity index (χ2v) is 10.2. The van der Waals surface area contributed by atoms with Crippen LogP contribution in [0.3, 0.4) is 0 Å². The summed E-state index contributed by atoms with van der Waals surface area (Å²) in [7, 11) is -0.546. The van der Waals surface area contributed by atoms with Crippen LogP contribution in [0.1, 0.15) is 16.2 Å². The van der Waals surface area contributed by atoms with E-state index in [4.69, 9.17) is 5.73 Å². The number of nitrogen functional groups attached to an aromatic ring is 1. The van der Waals surface area contributed by atoms with E-state index in [-0.39, 0.29) is 23.0 Å². The third kappa shape index (κ3) is 5.29. The van der Waals surface area contributed by atoms with Gasteiger partial charge in [0.15, 0.2) is 23.0 Å². The number of nitrogens with zero attached hydrogens (tertiary/aromatic N) is 2. The molecule has 0 amide bonds. The van der Waals surface area contributed by atoms with Gasteiger partial charge in [0.25, 0.3) is 6.43 Å². The topological polar surface area (TPSA) is 90.1 Å². The van der Waals surface area contributed by atoms with E-state index in [0.29, 0.717) is 0 Å². The molecule has 0 saturated heterocycles. The Balaban J connectivity index is 3.31. The maximum Gasteiger partial charge on any atom is 0.360 e. The minimum atomic E-state index is -2.57. The fraction of sp³-hybridized carbons (Fsp3) is 0.462. The van der Waals surface area contributed by atoms with Crippen molar-refractivity contribution >= 4 is 25.7 Å². The predicted molar refractivity (Wildman–Crippen MR) is 82.5 cm³/mol. The van der Waals surface area contributed by atoms with Gasteiger partial charge < -0.3 is 15.8 Å². The molecule has 0 unspecified atom stereocenters. The Bertz CT molecular complexity index is 621. The van der Waals surface area contributed by atoms with Gasteiger partial charge in [-0.1, -0.05) is 25.6 Å². The normalized spacial score (nSPS) is 10.9. The fourth-order valence-electron chi connectivity index (χ4n) is 1.33. The SMILES string of the molecule is COC(=O)c1nc(C#C[Si](C)(C)C)c(NCC(F)F)nc1N. The summed E-state index contributed by atoms with van der Waals surface area (Å²) in [6.07, 6.45) is -2.57. The molecule has 0 aromatic carbocycles. The summed E-state index contributed by atoms with van der Waals surface area (Å²) in [6, 6.07) is 0. The average molecular weight is 328 g/mol. The molecule has 0 atom stereocenters. The molecule has 6 nitrogen and oxygen atoms in total. The number of hydrogen-bond acceptors (Lipinski definition) is 6. The summed E-state index contributed by atoms with van der Waals surface area (Å²) >= 11 is 0. The second-order valence-electron chi connectivity index (χ2n) is 5.42. The van der Waals surface area contributed by atoms with Crippen LogP contribution < -0.4 is 11.1 Å². The number of ether oxygens (including phenoxy) is 1. The van der Waals surface area contributed by atoms with Gasteiger partial charge in [-0.15, -0.1) is 5.54 Å². The van der Waals surface area contributed by atoms with Crippen LogP contribution >= 0.6 is 0 Å². The minimum absolute atomic E-state index is 0.0243. The third-order valence-electron chi connectivity index (χ3n) is 2.28. The van der Waals surface area contributed by atoms with Crippen LogP contribution in [-0.4, -0.2) is 44.1 Å².